The van der Waals surface area contributed by atoms with Gasteiger partial charge in [-0.2, -0.15) is 13.2 Å². The van der Waals surface area contributed by atoms with Crippen molar-refractivity contribution >= 4 is 17.3 Å². The second kappa shape index (κ2) is 6.88. The van der Waals surface area contributed by atoms with E-state index in [4.69, 9.17) is 6.42 Å². The molecular weight excluding hydrogens is 305 g/mol. The molecule has 0 heterocycles. The van der Waals surface area contributed by atoms with Crippen LogP contribution in [0, 0.1) is 12.3 Å². The topological polar surface area (TPSA) is 41.1 Å². The molecule has 0 aliphatic carbocycles. The molecule has 0 bridgehead atoms. The van der Waals surface area contributed by atoms with Crippen LogP contribution >= 0.6 is 0 Å². The lowest BCUT2D eigenvalue weighted by atomic mass is 10.1. The van der Waals surface area contributed by atoms with Gasteiger partial charge in [0.15, 0.2) is 0 Å². The first-order chi connectivity index (χ1) is 10.9. The molecule has 0 aliphatic rings. The van der Waals surface area contributed by atoms with Crippen molar-refractivity contribution in [1.82, 2.24) is 0 Å². The summed E-state index contributed by atoms with van der Waals surface area (Å²) in [6, 6.07) is 11.6. The minimum absolute atomic E-state index is 0.180. The van der Waals surface area contributed by atoms with E-state index in [0.29, 0.717) is 11.3 Å². The first kappa shape index (κ1) is 16.4. The number of para-hydroxylation sites is 1. The van der Waals surface area contributed by atoms with Crippen molar-refractivity contribution in [1.29, 1.82) is 0 Å². The number of alkyl halides is 3. The Kier molecular flexibility index (Phi) is 4.91. The summed E-state index contributed by atoms with van der Waals surface area (Å²) in [5, 5.41) is 5.06. The van der Waals surface area contributed by atoms with Gasteiger partial charge in [-0.25, -0.2) is 0 Å². The average molecular weight is 318 g/mol. The standard InChI is InChI=1S/C17H13F3N2O/c1-2-12-6-5-7-13(10-12)21-11-16(23)22-15-9-4-3-8-14(15)17(18,19)20/h1,3-10,21H,11H2,(H,22,23). The molecule has 2 N–H and O–H groups in total. The number of carbonyl (C=O) groups is 1. The summed E-state index contributed by atoms with van der Waals surface area (Å²) < 4.78 is 38.5. The monoisotopic (exact) mass is 318 g/mol. The van der Waals surface area contributed by atoms with Crippen LogP contribution in [-0.4, -0.2) is 12.5 Å². The number of amides is 1. The highest BCUT2D eigenvalue weighted by Crippen LogP contribution is 2.34. The third-order valence-corrected chi connectivity index (χ3v) is 2.99. The van der Waals surface area contributed by atoms with Crippen molar-refractivity contribution < 1.29 is 18.0 Å². The van der Waals surface area contributed by atoms with E-state index in [9.17, 15) is 18.0 Å². The van der Waals surface area contributed by atoms with Crippen molar-refractivity contribution in [3.8, 4) is 12.3 Å². The van der Waals surface area contributed by atoms with Crippen molar-refractivity contribution in [2.45, 2.75) is 6.18 Å². The molecule has 23 heavy (non-hydrogen) atoms. The molecule has 0 radical (unpaired) electrons. The Labute approximate surface area is 131 Å². The molecule has 6 heteroatoms. The van der Waals surface area contributed by atoms with Crippen molar-refractivity contribution in [3.63, 3.8) is 0 Å². The lowest BCUT2D eigenvalue weighted by molar-refractivity contribution is -0.137. The van der Waals surface area contributed by atoms with Gasteiger partial charge in [0, 0.05) is 11.3 Å². The fourth-order valence-electron chi connectivity index (χ4n) is 1.93. The molecule has 0 unspecified atom stereocenters. The summed E-state index contributed by atoms with van der Waals surface area (Å²) in [6.45, 7) is -0.180. The lowest BCUT2D eigenvalue weighted by Crippen LogP contribution is -2.23. The van der Waals surface area contributed by atoms with Gasteiger partial charge in [0.2, 0.25) is 5.91 Å². The van der Waals surface area contributed by atoms with Gasteiger partial charge in [-0.3, -0.25) is 4.79 Å². The molecule has 2 aromatic rings. The van der Waals surface area contributed by atoms with E-state index in [1.165, 1.54) is 18.2 Å². The van der Waals surface area contributed by atoms with E-state index in [0.717, 1.165) is 6.07 Å². The molecule has 2 rings (SSSR count). The van der Waals surface area contributed by atoms with Crippen molar-refractivity contribution in [2.75, 3.05) is 17.2 Å². The van der Waals surface area contributed by atoms with E-state index < -0.39 is 17.6 Å². The quantitative estimate of drug-likeness (QED) is 0.843. The van der Waals surface area contributed by atoms with Gasteiger partial charge in [-0.05, 0) is 30.3 Å². The second-order valence-electron chi connectivity index (χ2n) is 4.67. The summed E-state index contributed by atoms with van der Waals surface area (Å²) in [5.74, 6) is 1.86. The van der Waals surface area contributed by atoms with Crippen LogP contribution in [0.1, 0.15) is 11.1 Å². The predicted molar refractivity (Wildman–Crippen MR) is 82.9 cm³/mol. The maximum Gasteiger partial charge on any atom is 0.418 e. The molecule has 0 aliphatic heterocycles. The third-order valence-electron chi connectivity index (χ3n) is 2.99. The summed E-state index contributed by atoms with van der Waals surface area (Å²) in [5.41, 5.74) is 0.0874. The van der Waals surface area contributed by atoms with Gasteiger partial charge in [0.25, 0.3) is 0 Å². The minimum atomic E-state index is -4.53. The van der Waals surface area contributed by atoms with Gasteiger partial charge in [-0.1, -0.05) is 24.1 Å². The molecule has 0 saturated carbocycles. The van der Waals surface area contributed by atoms with Crippen LogP contribution in [0.4, 0.5) is 24.5 Å². The SMILES string of the molecule is C#Cc1cccc(NCC(=O)Nc2ccccc2C(F)(F)F)c1. The van der Waals surface area contributed by atoms with Gasteiger partial charge in [0.05, 0.1) is 17.8 Å². The highest BCUT2D eigenvalue weighted by molar-refractivity contribution is 5.94. The molecule has 2 aromatic carbocycles. The molecule has 1 amide bonds. The number of rotatable bonds is 4. The molecule has 0 atom stereocenters. The number of hydrogen-bond acceptors (Lipinski definition) is 2. The molecule has 0 fully saturated rings. The van der Waals surface area contributed by atoms with Crippen LogP contribution < -0.4 is 10.6 Å². The predicted octanol–water partition coefficient (Wildman–Crippen LogP) is 3.74. The molecule has 0 saturated heterocycles. The molecule has 0 aromatic heterocycles. The van der Waals surface area contributed by atoms with Crippen LogP contribution in [-0.2, 0) is 11.0 Å². The van der Waals surface area contributed by atoms with Crippen LogP contribution in [0.2, 0.25) is 0 Å². The number of benzene rings is 2. The molecular formula is C17H13F3N2O. The van der Waals surface area contributed by atoms with Crippen molar-refractivity contribution in [3.05, 3.63) is 59.7 Å². The zero-order valence-electron chi connectivity index (χ0n) is 11.9. The molecule has 0 spiro atoms. The normalized spacial score (nSPS) is 10.7. The Morgan fingerprint density at radius 1 is 1.13 bits per heavy atom. The third kappa shape index (κ3) is 4.51. The highest BCUT2D eigenvalue weighted by atomic mass is 19.4. The van der Waals surface area contributed by atoms with Crippen LogP contribution in [0.15, 0.2) is 48.5 Å². The maximum absolute atomic E-state index is 12.8. The summed E-state index contributed by atoms with van der Waals surface area (Å²) in [6.07, 6.45) is 0.741. The fourth-order valence-corrected chi connectivity index (χ4v) is 1.93. The summed E-state index contributed by atoms with van der Waals surface area (Å²) in [4.78, 5) is 11.8. The zero-order valence-corrected chi connectivity index (χ0v) is 11.9. The van der Waals surface area contributed by atoms with Gasteiger partial charge in [0.1, 0.15) is 0 Å². The van der Waals surface area contributed by atoms with Gasteiger partial charge < -0.3 is 10.6 Å². The minimum Gasteiger partial charge on any atom is -0.376 e. The zero-order chi connectivity index (χ0) is 16.9. The number of anilines is 2. The van der Waals surface area contributed by atoms with Crippen LogP contribution in [0.25, 0.3) is 0 Å². The van der Waals surface area contributed by atoms with E-state index in [1.54, 1.807) is 24.3 Å². The van der Waals surface area contributed by atoms with Crippen molar-refractivity contribution in [2.24, 2.45) is 0 Å². The maximum atomic E-state index is 12.8. The first-order valence-corrected chi connectivity index (χ1v) is 6.67. The van der Waals surface area contributed by atoms with Gasteiger partial charge in [-0.15, -0.1) is 6.42 Å². The fraction of sp³-hybridized carbons (Fsp3) is 0.118. The average Bonchev–Trinajstić information content (AvgIpc) is 2.52. The Morgan fingerprint density at radius 2 is 1.87 bits per heavy atom. The Balaban J connectivity index is 2.02. The van der Waals surface area contributed by atoms with E-state index in [1.807, 2.05) is 0 Å². The Morgan fingerprint density at radius 3 is 2.57 bits per heavy atom. The number of halogens is 3. The van der Waals surface area contributed by atoms with Gasteiger partial charge >= 0.3 is 6.18 Å². The first-order valence-electron chi connectivity index (χ1n) is 6.67. The molecule has 118 valence electrons. The Hall–Kier alpha value is -2.94. The summed E-state index contributed by atoms with van der Waals surface area (Å²) >= 11 is 0. The number of nitrogens with one attached hydrogen (secondary N) is 2. The summed E-state index contributed by atoms with van der Waals surface area (Å²) in [7, 11) is 0. The van der Waals surface area contributed by atoms with Crippen LogP contribution in [0.3, 0.4) is 0 Å². The largest absolute Gasteiger partial charge is 0.418 e. The number of hydrogen-bond donors (Lipinski definition) is 2. The number of terminal acetylenes is 1. The van der Waals surface area contributed by atoms with E-state index in [2.05, 4.69) is 16.6 Å². The smallest absolute Gasteiger partial charge is 0.376 e. The molecule has 3 nitrogen and oxygen atoms in total. The Bertz CT molecular complexity index is 748. The van der Waals surface area contributed by atoms with E-state index >= 15 is 0 Å². The number of carbonyl (C=O) groups excluding carboxylic acids is 1. The highest BCUT2D eigenvalue weighted by Gasteiger charge is 2.33. The van der Waals surface area contributed by atoms with Crippen LogP contribution in [0.5, 0.6) is 0 Å². The lowest BCUT2D eigenvalue weighted by Gasteiger charge is -2.14. The van der Waals surface area contributed by atoms with E-state index in [-0.39, 0.29) is 12.2 Å². The second-order valence-corrected chi connectivity index (χ2v) is 4.67.